The Labute approximate surface area is 152 Å². The number of hydrogen-bond acceptors (Lipinski definition) is 4. The fraction of sp³-hybridized carbons (Fsp3) is 0.474. The van der Waals surface area contributed by atoms with E-state index in [1.54, 1.807) is 10.6 Å². The van der Waals surface area contributed by atoms with Gasteiger partial charge in [-0.15, -0.1) is 11.8 Å². The summed E-state index contributed by atoms with van der Waals surface area (Å²) in [5.74, 6) is 0.267. The molecule has 5 nitrogen and oxygen atoms in total. The van der Waals surface area contributed by atoms with Crippen LogP contribution in [0.1, 0.15) is 27.2 Å². The van der Waals surface area contributed by atoms with Crippen LogP contribution < -0.4 is 10.9 Å². The van der Waals surface area contributed by atoms with Crippen LogP contribution in [0.3, 0.4) is 0 Å². The summed E-state index contributed by atoms with van der Waals surface area (Å²) in [7, 11) is 0. The van der Waals surface area contributed by atoms with Crippen molar-refractivity contribution in [2.75, 3.05) is 18.9 Å². The van der Waals surface area contributed by atoms with Gasteiger partial charge >= 0.3 is 0 Å². The minimum absolute atomic E-state index is 0.0294. The summed E-state index contributed by atoms with van der Waals surface area (Å²) in [6, 6.07) is 9.43. The number of amides is 1. The van der Waals surface area contributed by atoms with Gasteiger partial charge in [-0.25, -0.2) is 0 Å². The van der Waals surface area contributed by atoms with E-state index in [2.05, 4.69) is 5.32 Å². The first kappa shape index (κ1) is 19.5. The van der Waals surface area contributed by atoms with E-state index in [0.717, 1.165) is 22.2 Å². The first-order valence-corrected chi connectivity index (χ1v) is 9.65. The summed E-state index contributed by atoms with van der Waals surface area (Å²) < 4.78 is 7.19. The number of rotatable bonds is 9. The molecular weight excluding hydrogens is 336 g/mol. The van der Waals surface area contributed by atoms with E-state index in [1.165, 1.54) is 11.8 Å². The number of nitrogens with zero attached hydrogens (tertiary/aromatic N) is 1. The fourth-order valence-corrected chi connectivity index (χ4v) is 3.46. The van der Waals surface area contributed by atoms with Gasteiger partial charge in [0, 0.05) is 36.0 Å². The summed E-state index contributed by atoms with van der Waals surface area (Å²) in [5.41, 5.74) is 0.876. The van der Waals surface area contributed by atoms with Gasteiger partial charge < -0.3 is 14.6 Å². The topological polar surface area (TPSA) is 60.3 Å². The number of para-hydroxylation sites is 1. The highest BCUT2D eigenvalue weighted by molar-refractivity contribution is 8.00. The first-order chi connectivity index (χ1) is 12.0. The van der Waals surface area contributed by atoms with Gasteiger partial charge in [0.15, 0.2) is 0 Å². The SMILES string of the molecule is CCn1c(=O)cc(SCC(=O)NCCCOC(C)C)c2ccccc21. The van der Waals surface area contributed by atoms with Gasteiger partial charge in [-0.1, -0.05) is 18.2 Å². The Morgan fingerprint density at radius 3 is 2.80 bits per heavy atom. The molecule has 2 rings (SSSR count). The Morgan fingerprint density at radius 2 is 2.08 bits per heavy atom. The third kappa shape index (κ3) is 5.61. The number of carbonyl (C=O) groups is 1. The lowest BCUT2D eigenvalue weighted by atomic mass is 10.2. The van der Waals surface area contributed by atoms with Crippen LogP contribution in [0.2, 0.25) is 0 Å². The molecule has 6 heteroatoms. The van der Waals surface area contributed by atoms with E-state index in [4.69, 9.17) is 4.74 Å². The normalized spacial score (nSPS) is 11.2. The molecule has 1 N–H and O–H groups in total. The maximum atomic E-state index is 12.3. The Hall–Kier alpha value is -1.79. The van der Waals surface area contributed by atoms with Crippen LogP contribution in [-0.4, -0.2) is 35.5 Å². The number of benzene rings is 1. The van der Waals surface area contributed by atoms with E-state index in [9.17, 15) is 9.59 Å². The second kappa shape index (κ2) is 9.63. The molecule has 1 aromatic heterocycles. The molecule has 0 unspecified atom stereocenters. The van der Waals surface area contributed by atoms with Crippen LogP contribution in [0.25, 0.3) is 10.9 Å². The zero-order valence-corrected chi connectivity index (χ0v) is 15.9. The minimum atomic E-state index is -0.0325. The highest BCUT2D eigenvalue weighted by Gasteiger charge is 2.10. The molecule has 0 atom stereocenters. The standard InChI is InChI=1S/C19H26N2O3S/c1-4-21-16-9-6-5-8-15(16)17(12-19(21)23)25-13-18(22)20-10-7-11-24-14(2)3/h5-6,8-9,12,14H,4,7,10-11,13H2,1-3H3,(H,20,22). The zero-order chi connectivity index (χ0) is 18.2. The van der Waals surface area contributed by atoms with Crippen LogP contribution in [0, 0.1) is 0 Å². The highest BCUT2D eigenvalue weighted by atomic mass is 32.2. The number of thioether (sulfide) groups is 1. The molecule has 1 amide bonds. The predicted molar refractivity (Wildman–Crippen MR) is 103 cm³/mol. The van der Waals surface area contributed by atoms with Gasteiger partial charge in [0.1, 0.15) is 0 Å². The predicted octanol–water partition coefficient (Wildman–Crippen LogP) is 3.04. The molecule has 0 aliphatic carbocycles. The third-order valence-corrected chi connectivity index (χ3v) is 4.81. The monoisotopic (exact) mass is 362 g/mol. The maximum Gasteiger partial charge on any atom is 0.252 e. The molecule has 0 bridgehead atoms. The lowest BCUT2D eigenvalue weighted by Crippen LogP contribution is -2.27. The molecule has 0 aliphatic heterocycles. The van der Waals surface area contributed by atoms with Crippen LogP contribution in [-0.2, 0) is 16.1 Å². The molecule has 0 spiro atoms. The van der Waals surface area contributed by atoms with E-state index in [0.29, 0.717) is 25.4 Å². The molecule has 0 saturated carbocycles. The van der Waals surface area contributed by atoms with Crippen molar-refractivity contribution in [1.29, 1.82) is 0 Å². The number of hydrogen-bond donors (Lipinski definition) is 1. The number of aromatic nitrogens is 1. The Bertz CT molecular complexity index is 771. The van der Waals surface area contributed by atoms with Crippen molar-refractivity contribution < 1.29 is 9.53 Å². The van der Waals surface area contributed by atoms with Crippen molar-refractivity contribution in [3.63, 3.8) is 0 Å². The van der Waals surface area contributed by atoms with Crippen molar-refractivity contribution in [1.82, 2.24) is 9.88 Å². The van der Waals surface area contributed by atoms with E-state index in [-0.39, 0.29) is 17.6 Å². The summed E-state index contributed by atoms with van der Waals surface area (Å²) in [6.07, 6.45) is 1.01. The van der Waals surface area contributed by atoms with E-state index >= 15 is 0 Å². The van der Waals surface area contributed by atoms with Crippen LogP contribution >= 0.6 is 11.8 Å². The van der Waals surface area contributed by atoms with Crippen molar-refractivity contribution >= 4 is 28.6 Å². The van der Waals surface area contributed by atoms with Crippen molar-refractivity contribution in [3.8, 4) is 0 Å². The number of carbonyl (C=O) groups excluding carboxylic acids is 1. The maximum absolute atomic E-state index is 12.3. The van der Waals surface area contributed by atoms with Gasteiger partial charge in [0.25, 0.3) is 5.56 Å². The molecular formula is C19H26N2O3S. The van der Waals surface area contributed by atoms with E-state index < -0.39 is 0 Å². The zero-order valence-electron chi connectivity index (χ0n) is 15.1. The molecule has 0 fully saturated rings. The molecule has 25 heavy (non-hydrogen) atoms. The fourth-order valence-electron chi connectivity index (χ4n) is 2.56. The Morgan fingerprint density at radius 1 is 1.32 bits per heavy atom. The van der Waals surface area contributed by atoms with Gasteiger partial charge in [0.2, 0.25) is 5.91 Å². The summed E-state index contributed by atoms with van der Waals surface area (Å²) in [6.45, 7) is 7.81. The molecule has 0 radical (unpaired) electrons. The largest absolute Gasteiger partial charge is 0.379 e. The Balaban J connectivity index is 1.95. The average molecular weight is 362 g/mol. The Kier molecular flexibility index (Phi) is 7.52. The summed E-state index contributed by atoms with van der Waals surface area (Å²) in [5, 5.41) is 3.90. The molecule has 2 aromatic rings. The van der Waals surface area contributed by atoms with Gasteiger partial charge in [0.05, 0.1) is 17.4 Å². The van der Waals surface area contributed by atoms with Gasteiger partial charge in [-0.05, 0) is 33.3 Å². The number of fused-ring (bicyclic) bond motifs is 1. The van der Waals surface area contributed by atoms with Crippen molar-refractivity contribution in [2.24, 2.45) is 0 Å². The lowest BCUT2D eigenvalue weighted by molar-refractivity contribution is -0.118. The lowest BCUT2D eigenvalue weighted by Gasteiger charge is -2.12. The van der Waals surface area contributed by atoms with Gasteiger partial charge in [-0.3, -0.25) is 9.59 Å². The number of pyridine rings is 1. The smallest absolute Gasteiger partial charge is 0.252 e. The van der Waals surface area contributed by atoms with Gasteiger partial charge in [-0.2, -0.15) is 0 Å². The number of ether oxygens (including phenoxy) is 1. The third-order valence-electron chi connectivity index (χ3n) is 3.75. The van der Waals surface area contributed by atoms with Crippen LogP contribution in [0.15, 0.2) is 40.0 Å². The van der Waals surface area contributed by atoms with Crippen LogP contribution in [0.5, 0.6) is 0 Å². The first-order valence-electron chi connectivity index (χ1n) is 8.66. The van der Waals surface area contributed by atoms with Crippen LogP contribution in [0.4, 0.5) is 0 Å². The second-order valence-electron chi connectivity index (χ2n) is 6.02. The quantitative estimate of drug-likeness (QED) is 0.550. The average Bonchev–Trinajstić information content (AvgIpc) is 2.59. The summed E-state index contributed by atoms with van der Waals surface area (Å²) >= 11 is 1.40. The molecule has 0 saturated heterocycles. The van der Waals surface area contributed by atoms with Crippen molar-refractivity contribution in [3.05, 3.63) is 40.7 Å². The number of aryl methyl sites for hydroxylation is 1. The molecule has 0 aliphatic rings. The molecule has 1 aromatic carbocycles. The minimum Gasteiger partial charge on any atom is -0.379 e. The molecule has 1 heterocycles. The van der Waals surface area contributed by atoms with E-state index in [1.807, 2.05) is 45.0 Å². The van der Waals surface area contributed by atoms with Crippen molar-refractivity contribution in [2.45, 2.75) is 44.7 Å². The molecule has 136 valence electrons. The second-order valence-corrected chi connectivity index (χ2v) is 7.04. The highest BCUT2D eigenvalue weighted by Crippen LogP contribution is 2.26. The summed E-state index contributed by atoms with van der Waals surface area (Å²) in [4.78, 5) is 25.1. The number of nitrogens with one attached hydrogen (secondary N) is 1.